The van der Waals surface area contributed by atoms with Gasteiger partial charge in [0.25, 0.3) is 0 Å². The van der Waals surface area contributed by atoms with Crippen molar-refractivity contribution in [3.05, 3.63) is 59.7 Å². The fourth-order valence-corrected chi connectivity index (χ4v) is 2.05. The number of nitrogens with one attached hydrogen (secondary N) is 2. The molecule has 0 fully saturated rings. The molecule has 0 bridgehead atoms. The minimum absolute atomic E-state index is 0.260. The third kappa shape index (κ3) is 5.08. The molecule has 0 saturated heterocycles. The van der Waals surface area contributed by atoms with Gasteiger partial charge in [-0.2, -0.15) is 0 Å². The predicted octanol–water partition coefficient (Wildman–Crippen LogP) is 3.23. The fraction of sp³-hybridized carbons (Fsp3) is 0.211. The zero-order valence-corrected chi connectivity index (χ0v) is 13.7. The second-order valence-corrected chi connectivity index (χ2v) is 5.39. The van der Waals surface area contributed by atoms with Gasteiger partial charge in [-0.15, -0.1) is 0 Å². The number of benzene rings is 2. The Morgan fingerprint density at radius 3 is 2.48 bits per heavy atom. The third-order valence-corrected chi connectivity index (χ3v) is 3.26. The maximum atomic E-state index is 11.8. The van der Waals surface area contributed by atoms with E-state index in [1.54, 1.807) is 0 Å². The first kappa shape index (κ1) is 16.4. The standard InChI is InChI=1S/C19H21N3O/c1-15-10-12-17(13-11-15)21-19(23)20-14-6-8-16-7-4-5-9-18(16)22(2)3/h4-5,7,9-13H,14H2,1-3H3,(H2,20,21,23). The van der Waals surface area contributed by atoms with Gasteiger partial charge in [0.05, 0.1) is 12.2 Å². The van der Waals surface area contributed by atoms with Crippen molar-refractivity contribution in [3.63, 3.8) is 0 Å². The van der Waals surface area contributed by atoms with E-state index in [1.807, 2.05) is 74.4 Å². The number of urea groups is 1. The Morgan fingerprint density at radius 2 is 1.78 bits per heavy atom. The van der Waals surface area contributed by atoms with Crippen LogP contribution < -0.4 is 15.5 Å². The van der Waals surface area contributed by atoms with E-state index in [4.69, 9.17) is 0 Å². The van der Waals surface area contributed by atoms with Crippen molar-refractivity contribution in [2.75, 3.05) is 30.9 Å². The molecule has 0 unspecified atom stereocenters. The quantitative estimate of drug-likeness (QED) is 0.855. The molecule has 2 N–H and O–H groups in total. The van der Waals surface area contributed by atoms with Crippen molar-refractivity contribution in [1.29, 1.82) is 0 Å². The van der Waals surface area contributed by atoms with Crippen LogP contribution in [-0.4, -0.2) is 26.7 Å². The molecule has 4 nitrogen and oxygen atoms in total. The van der Waals surface area contributed by atoms with Crippen molar-refractivity contribution in [2.45, 2.75) is 6.92 Å². The highest BCUT2D eigenvalue weighted by atomic mass is 16.2. The lowest BCUT2D eigenvalue weighted by atomic mass is 10.1. The SMILES string of the molecule is Cc1ccc(NC(=O)NCC#Cc2ccccc2N(C)C)cc1. The minimum atomic E-state index is -0.260. The van der Waals surface area contributed by atoms with Crippen LogP contribution in [0.15, 0.2) is 48.5 Å². The van der Waals surface area contributed by atoms with Gasteiger partial charge in [-0.3, -0.25) is 0 Å². The number of anilines is 2. The van der Waals surface area contributed by atoms with Crippen molar-refractivity contribution in [1.82, 2.24) is 5.32 Å². The molecule has 0 atom stereocenters. The van der Waals surface area contributed by atoms with E-state index < -0.39 is 0 Å². The number of hydrogen-bond acceptors (Lipinski definition) is 2. The Kier molecular flexibility index (Phi) is 5.65. The summed E-state index contributed by atoms with van der Waals surface area (Å²) in [6, 6.07) is 15.3. The number of para-hydroxylation sites is 1. The van der Waals surface area contributed by atoms with Crippen LogP contribution >= 0.6 is 0 Å². The second-order valence-electron chi connectivity index (χ2n) is 5.39. The molecule has 2 amide bonds. The highest BCUT2D eigenvalue weighted by molar-refractivity contribution is 5.89. The molecule has 0 aliphatic heterocycles. The van der Waals surface area contributed by atoms with Gasteiger partial charge in [0.15, 0.2) is 0 Å². The molecule has 0 aliphatic rings. The van der Waals surface area contributed by atoms with Gasteiger partial charge in [-0.25, -0.2) is 4.79 Å². The van der Waals surface area contributed by atoms with E-state index in [0.29, 0.717) is 6.54 Å². The lowest BCUT2D eigenvalue weighted by Gasteiger charge is -2.13. The molecule has 23 heavy (non-hydrogen) atoms. The van der Waals surface area contributed by atoms with Crippen molar-refractivity contribution in [3.8, 4) is 11.8 Å². The first-order chi connectivity index (χ1) is 11.1. The summed E-state index contributed by atoms with van der Waals surface area (Å²) in [5.74, 6) is 6.06. The molecule has 0 aliphatic carbocycles. The summed E-state index contributed by atoms with van der Waals surface area (Å²) in [5.41, 5.74) is 3.92. The smallest absolute Gasteiger partial charge is 0.319 e. The molecule has 2 aromatic rings. The van der Waals surface area contributed by atoms with E-state index >= 15 is 0 Å². The molecule has 2 aromatic carbocycles. The summed E-state index contributed by atoms with van der Waals surface area (Å²) in [6.07, 6.45) is 0. The molecule has 2 rings (SSSR count). The zero-order chi connectivity index (χ0) is 16.7. The molecular weight excluding hydrogens is 286 g/mol. The van der Waals surface area contributed by atoms with E-state index in [1.165, 1.54) is 0 Å². The topological polar surface area (TPSA) is 44.4 Å². The average molecular weight is 307 g/mol. The van der Waals surface area contributed by atoms with Crippen LogP contribution in [0.5, 0.6) is 0 Å². The molecular formula is C19H21N3O. The molecule has 0 heterocycles. The summed E-state index contributed by atoms with van der Waals surface area (Å²) in [6.45, 7) is 2.30. The number of hydrogen-bond donors (Lipinski definition) is 2. The largest absolute Gasteiger partial charge is 0.377 e. The van der Waals surface area contributed by atoms with Gasteiger partial charge >= 0.3 is 6.03 Å². The highest BCUT2D eigenvalue weighted by Crippen LogP contribution is 2.16. The van der Waals surface area contributed by atoms with Gasteiger partial charge in [0, 0.05) is 25.3 Å². The Labute approximate surface area is 137 Å². The maximum Gasteiger partial charge on any atom is 0.319 e. The van der Waals surface area contributed by atoms with E-state index in [2.05, 4.69) is 22.5 Å². The maximum absolute atomic E-state index is 11.8. The van der Waals surface area contributed by atoms with Gasteiger partial charge in [0.2, 0.25) is 0 Å². The molecule has 0 radical (unpaired) electrons. The summed E-state index contributed by atoms with van der Waals surface area (Å²) >= 11 is 0. The summed E-state index contributed by atoms with van der Waals surface area (Å²) in [7, 11) is 3.96. The van der Waals surface area contributed by atoms with Gasteiger partial charge < -0.3 is 15.5 Å². The molecule has 0 aromatic heterocycles. The average Bonchev–Trinajstić information content (AvgIpc) is 2.54. The monoisotopic (exact) mass is 307 g/mol. The van der Waals surface area contributed by atoms with Crippen LogP contribution in [0.3, 0.4) is 0 Å². The summed E-state index contributed by atoms with van der Waals surface area (Å²) in [5, 5.41) is 5.50. The molecule has 0 saturated carbocycles. The predicted molar refractivity (Wildman–Crippen MR) is 95.8 cm³/mol. The zero-order valence-electron chi connectivity index (χ0n) is 13.7. The van der Waals surface area contributed by atoms with E-state index in [0.717, 1.165) is 22.5 Å². The Bertz CT molecular complexity index is 724. The number of rotatable bonds is 3. The number of aryl methyl sites for hydroxylation is 1. The lowest BCUT2D eigenvalue weighted by molar-refractivity contribution is 0.253. The Hall–Kier alpha value is -2.93. The van der Waals surface area contributed by atoms with Crippen molar-refractivity contribution < 1.29 is 4.79 Å². The molecule has 4 heteroatoms. The minimum Gasteiger partial charge on any atom is -0.377 e. The first-order valence-corrected chi connectivity index (χ1v) is 7.43. The lowest BCUT2D eigenvalue weighted by Crippen LogP contribution is -2.28. The van der Waals surface area contributed by atoms with E-state index in [-0.39, 0.29) is 6.03 Å². The highest BCUT2D eigenvalue weighted by Gasteiger charge is 2.01. The number of carbonyl (C=O) groups is 1. The van der Waals surface area contributed by atoms with Crippen LogP contribution in [0.1, 0.15) is 11.1 Å². The van der Waals surface area contributed by atoms with Crippen LogP contribution in [0, 0.1) is 18.8 Å². The number of carbonyl (C=O) groups excluding carboxylic acids is 1. The van der Waals surface area contributed by atoms with Gasteiger partial charge in [0.1, 0.15) is 0 Å². The van der Waals surface area contributed by atoms with Crippen molar-refractivity contribution in [2.24, 2.45) is 0 Å². The summed E-state index contributed by atoms with van der Waals surface area (Å²) in [4.78, 5) is 13.8. The van der Waals surface area contributed by atoms with Crippen LogP contribution in [0.2, 0.25) is 0 Å². The first-order valence-electron chi connectivity index (χ1n) is 7.43. The second kappa shape index (κ2) is 7.90. The fourth-order valence-electron chi connectivity index (χ4n) is 2.05. The van der Waals surface area contributed by atoms with E-state index in [9.17, 15) is 4.79 Å². The van der Waals surface area contributed by atoms with Gasteiger partial charge in [-0.05, 0) is 31.2 Å². The molecule has 118 valence electrons. The van der Waals surface area contributed by atoms with Gasteiger partial charge in [-0.1, -0.05) is 41.7 Å². The Morgan fingerprint density at radius 1 is 1.09 bits per heavy atom. The Balaban J connectivity index is 1.88. The van der Waals surface area contributed by atoms with Crippen molar-refractivity contribution >= 4 is 17.4 Å². The van der Waals surface area contributed by atoms with Crippen LogP contribution in [-0.2, 0) is 0 Å². The third-order valence-electron chi connectivity index (χ3n) is 3.26. The number of nitrogens with zero attached hydrogens (tertiary/aromatic N) is 1. The van der Waals surface area contributed by atoms with Crippen LogP contribution in [0.25, 0.3) is 0 Å². The molecule has 0 spiro atoms. The summed E-state index contributed by atoms with van der Waals surface area (Å²) < 4.78 is 0. The number of amides is 2. The normalized spacial score (nSPS) is 9.52. The van der Waals surface area contributed by atoms with Crippen LogP contribution in [0.4, 0.5) is 16.2 Å².